The molecule has 1 saturated heterocycles. The molecule has 1 heterocycles. The van der Waals surface area contributed by atoms with Gasteiger partial charge in [-0.25, -0.2) is 0 Å². The Balaban J connectivity index is 2.24. The SMILES string of the molecule is CCO/C(C)=C/C1CN(C(C(=O)O)c2ccccc2Cl)CCC1O. The van der Waals surface area contributed by atoms with Crippen LogP contribution in [0.2, 0.25) is 5.02 Å². The monoisotopic (exact) mass is 353 g/mol. The predicted molar refractivity (Wildman–Crippen MR) is 92.9 cm³/mol. The van der Waals surface area contributed by atoms with E-state index in [1.807, 2.05) is 24.8 Å². The highest BCUT2D eigenvalue weighted by Gasteiger charge is 2.35. The van der Waals surface area contributed by atoms with Gasteiger partial charge in [0.1, 0.15) is 6.04 Å². The molecule has 3 unspecified atom stereocenters. The van der Waals surface area contributed by atoms with Gasteiger partial charge in [-0.05, 0) is 38.0 Å². The number of hydrogen-bond donors (Lipinski definition) is 2. The molecule has 5 nitrogen and oxygen atoms in total. The number of ether oxygens (including phenoxy) is 1. The zero-order chi connectivity index (χ0) is 17.7. The molecule has 0 amide bonds. The van der Waals surface area contributed by atoms with Crippen molar-refractivity contribution in [1.29, 1.82) is 0 Å². The molecular formula is C18H24ClNO4. The fourth-order valence-electron chi connectivity index (χ4n) is 3.15. The van der Waals surface area contributed by atoms with Gasteiger partial charge in [-0.2, -0.15) is 0 Å². The summed E-state index contributed by atoms with van der Waals surface area (Å²) >= 11 is 6.20. The molecule has 1 fully saturated rings. The number of allylic oxidation sites excluding steroid dienone is 1. The summed E-state index contributed by atoms with van der Waals surface area (Å²) in [5, 5.41) is 20.4. The molecule has 0 radical (unpaired) electrons. The summed E-state index contributed by atoms with van der Waals surface area (Å²) in [6.07, 6.45) is 1.89. The minimum atomic E-state index is -0.941. The van der Waals surface area contributed by atoms with Crippen LogP contribution < -0.4 is 0 Å². The van der Waals surface area contributed by atoms with E-state index < -0.39 is 18.1 Å². The van der Waals surface area contributed by atoms with E-state index in [1.165, 1.54) is 0 Å². The number of piperidine rings is 1. The van der Waals surface area contributed by atoms with E-state index in [-0.39, 0.29) is 5.92 Å². The highest BCUT2D eigenvalue weighted by Crippen LogP contribution is 2.32. The van der Waals surface area contributed by atoms with Crippen molar-refractivity contribution in [1.82, 2.24) is 4.90 Å². The smallest absolute Gasteiger partial charge is 0.325 e. The third kappa shape index (κ3) is 4.50. The van der Waals surface area contributed by atoms with Gasteiger partial charge in [0.15, 0.2) is 0 Å². The van der Waals surface area contributed by atoms with Crippen LogP contribution in [0.25, 0.3) is 0 Å². The number of halogens is 1. The maximum absolute atomic E-state index is 11.9. The zero-order valence-electron chi connectivity index (χ0n) is 14.0. The van der Waals surface area contributed by atoms with Crippen LogP contribution in [-0.4, -0.2) is 46.9 Å². The highest BCUT2D eigenvalue weighted by atomic mass is 35.5. The number of carboxylic acids is 1. The van der Waals surface area contributed by atoms with E-state index in [2.05, 4.69) is 0 Å². The van der Waals surface area contributed by atoms with Crippen molar-refractivity contribution in [3.63, 3.8) is 0 Å². The number of benzene rings is 1. The number of aliphatic carboxylic acids is 1. The number of rotatable bonds is 6. The second-order valence-electron chi connectivity index (χ2n) is 5.99. The molecule has 2 N–H and O–H groups in total. The standard InChI is InChI=1S/C18H24ClNO4/c1-3-24-12(2)10-13-11-20(9-8-16(13)21)17(18(22)23)14-6-4-5-7-15(14)19/h4-7,10,13,16-17,21H,3,8-9,11H2,1-2H3,(H,22,23)/b12-10+. The van der Waals surface area contributed by atoms with E-state index in [0.717, 1.165) is 5.76 Å². The maximum atomic E-state index is 11.9. The van der Waals surface area contributed by atoms with Crippen LogP contribution >= 0.6 is 11.6 Å². The molecule has 0 aromatic heterocycles. The van der Waals surface area contributed by atoms with Crippen LogP contribution in [0, 0.1) is 5.92 Å². The lowest BCUT2D eigenvalue weighted by atomic mass is 9.91. The van der Waals surface area contributed by atoms with Crippen LogP contribution in [0.15, 0.2) is 36.1 Å². The predicted octanol–water partition coefficient (Wildman–Crippen LogP) is 3.09. The molecule has 0 aliphatic carbocycles. The summed E-state index contributed by atoms with van der Waals surface area (Å²) in [7, 11) is 0. The van der Waals surface area contributed by atoms with Gasteiger partial charge in [-0.1, -0.05) is 29.8 Å². The second kappa shape index (κ2) is 8.51. The molecule has 1 aliphatic rings. The first kappa shape index (κ1) is 18.8. The van der Waals surface area contributed by atoms with E-state index >= 15 is 0 Å². The Morgan fingerprint density at radius 2 is 2.21 bits per heavy atom. The minimum Gasteiger partial charge on any atom is -0.499 e. The first-order chi connectivity index (χ1) is 11.4. The molecule has 1 aromatic carbocycles. The van der Waals surface area contributed by atoms with Crippen LogP contribution in [-0.2, 0) is 9.53 Å². The van der Waals surface area contributed by atoms with E-state index in [1.54, 1.807) is 24.3 Å². The van der Waals surface area contributed by atoms with Crippen LogP contribution in [0.5, 0.6) is 0 Å². The number of aliphatic hydroxyl groups is 1. The van der Waals surface area contributed by atoms with Gasteiger partial charge in [0.2, 0.25) is 0 Å². The molecule has 1 aliphatic heterocycles. The summed E-state index contributed by atoms with van der Waals surface area (Å²) in [6.45, 7) is 5.25. The normalized spacial score (nSPS) is 23.8. The lowest BCUT2D eigenvalue weighted by molar-refractivity contribution is -0.145. The molecule has 0 saturated carbocycles. The fourth-order valence-corrected chi connectivity index (χ4v) is 3.39. The largest absolute Gasteiger partial charge is 0.499 e. The van der Waals surface area contributed by atoms with Crippen molar-refractivity contribution < 1.29 is 19.7 Å². The van der Waals surface area contributed by atoms with Crippen LogP contribution in [0.4, 0.5) is 0 Å². The first-order valence-corrected chi connectivity index (χ1v) is 8.52. The number of aliphatic hydroxyl groups excluding tert-OH is 1. The number of nitrogens with zero attached hydrogens (tertiary/aromatic N) is 1. The van der Waals surface area contributed by atoms with Gasteiger partial charge in [0, 0.05) is 24.0 Å². The number of likely N-dealkylation sites (tertiary alicyclic amines) is 1. The molecule has 1 aromatic rings. The van der Waals surface area contributed by atoms with Gasteiger partial charge in [0.05, 0.1) is 18.5 Å². The average Bonchev–Trinajstić information content (AvgIpc) is 2.52. The lowest BCUT2D eigenvalue weighted by Crippen LogP contribution is -2.46. The van der Waals surface area contributed by atoms with Crippen molar-refractivity contribution in [3.05, 3.63) is 46.7 Å². The molecule has 132 valence electrons. The number of hydrogen-bond acceptors (Lipinski definition) is 4. The fraction of sp³-hybridized carbons (Fsp3) is 0.500. The molecular weight excluding hydrogens is 330 g/mol. The Morgan fingerprint density at radius 1 is 1.50 bits per heavy atom. The molecule has 0 bridgehead atoms. The van der Waals surface area contributed by atoms with E-state index in [9.17, 15) is 15.0 Å². The topological polar surface area (TPSA) is 70.0 Å². The summed E-state index contributed by atoms with van der Waals surface area (Å²) in [6, 6.07) is 6.17. The lowest BCUT2D eigenvalue weighted by Gasteiger charge is -2.38. The van der Waals surface area contributed by atoms with Crippen molar-refractivity contribution in [2.75, 3.05) is 19.7 Å². The summed E-state index contributed by atoms with van der Waals surface area (Å²) < 4.78 is 5.43. The van der Waals surface area contributed by atoms with Gasteiger partial charge < -0.3 is 14.9 Å². The number of carbonyl (C=O) groups is 1. The number of carboxylic acid groups (broad SMARTS) is 1. The molecule has 6 heteroatoms. The van der Waals surface area contributed by atoms with Crippen LogP contribution in [0.3, 0.4) is 0 Å². The summed E-state index contributed by atoms with van der Waals surface area (Å²) in [5.41, 5.74) is 0.576. The third-order valence-corrected chi connectivity index (χ3v) is 4.62. The zero-order valence-corrected chi connectivity index (χ0v) is 14.7. The average molecular weight is 354 g/mol. The minimum absolute atomic E-state index is 0.172. The van der Waals surface area contributed by atoms with E-state index in [4.69, 9.17) is 16.3 Å². The highest BCUT2D eigenvalue weighted by molar-refractivity contribution is 6.31. The second-order valence-corrected chi connectivity index (χ2v) is 6.39. The Kier molecular flexibility index (Phi) is 6.66. The Hall–Kier alpha value is -1.56. The molecule has 3 atom stereocenters. The van der Waals surface area contributed by atoms with Gasteiger partial charge in [-0.3, -0.25) is 9.69 Å². The van der Waals surface area contributed by atoms with Crippen molar-refractivity contribution >= 4 is 17.6 Å². The first-order valence-electron chi connectivity index (χ1n) is 8.14. The third-order valence-electron chi connectivity index (χ3n) is 4.27. The Bertz CT molecular complexity index is 604. The Labute approximate surface area is 147 Å². The quantitative estimate of drug-likeness (QED) is 0.769. The van der Waals surface area contributed by atoms with E-state index in [0.29, 0.717) is 36.7 Å². The summed E-state index contributed by atoms with van der Waals surface area (Å²) in [5.74, 6) is -0.369. The van der Waals surface area contributed by atoms with Gasteiger partial charge in [0.25, 0.3) is 0 Å². The molecule has 24 heavy (non-hydrogen) atoms. The van der Waals surface area contributed by atoms with Crippen LogP contribution in [0.1, 0.15) is 31.9 Å². The summed E-state index contributed by atoms with van der Waals surface area (Å²) in [4.78, 5) is 13.7. The molecule has 0 spiro atoms. The van der Waals surface area contributed by atoms with Gasteiger partial charge in [-0.15, -0.1) is 0 Å². The van der Waals surface area contributed by atoms with Crippen molar-refractivity contribution in [2.24, 2.45) is 5.92 Å². The molecule has 2 rings (SSSR count). The maximum Gasteiger partial charge on any atom is 0.325 e. The van der Waals surface area contributed by atoms with Gasteiger partial charge >= 0.3 is 5.97 Å². The van der Waals surface area contributed by atoms with Crippen molar-refractivity contribution in [2.45, 2.75) is 32.4 Å². The Morgan fingerprint density at radius 3 is 2.83 bits per heavy atom. The van der Waals surface area contributed by atoms with Crippen molar-refractivity contribution in [3.8, 4) is 0 Å².